The monoisotopic (exact) mass is 424 g/mol. The first-order valence-corrected chi connectivity index (χ1v) is 8.82. The third-order valence-electron chi connectivity index (χ3n) is 4.59. The molecule has 0 radical (unpaired) electrons. The van der Waals surface area contributed by atoms with Crippen molar-refractivity contribution in [1.29, 1.82) is 0 Å². The van der Waals surface area contributed by atoms with Crippen LogP contribution in [0, 0.1) is 17.5 Å². The van der Waals surface area contributed by atoms with Gasteiger partial charge in [-0.3, -0.25) is 4.79 Å². The first-order chi connectivity index (χ1) is 13.6. The molecular formula is C19H16ClF3N4O2. The van der Waals surface area contributed by atoms with Gasteiger partial charge in [0.2, 0.25) is 0 Å². The van der Waals surface area contributed by atoms with Gasteiger partial charge in [0.15, 0.2) is 11.6 Å². The van der Waals surface area contributed by atoms with E-state index < -0.39 is 35.1 Å². The van der Waals surface area contributed by atoms with Gasteiger partial charge in [-0.15, -0.1) is 0 Å². The Bertz CT molecular complexity index is 1180. The van der Waals surface area contributed by atoms with E-state index in [4.69, 9.17) is 11.6 Å². The van der Waals surface area contributed by atoms with E-state index in [1.165, 1.54) is 31.1 Å². The number of benzene rings is 2. The molecule has 1 N–H and O–H groups in total. The number of aromatic nitrogens is 2. The SMILES string of the molecule is CC(c1nn(C)c(=O)c2cc(F)c(F)cc12)N(C)C(=O)Nc1ccc(F)c(Cl)c1. The highest BCUT2D eigenvalue weighted by molar-refractivity contribution is 6.31. The predicted octanol–water partition coefficient (Wildman–Crippen LogP) is 4.23. The second-order valence-electron chi connectivity index (χ2n) is 6.47. The predicted molar refractivity (Wildman–Crippen MR) is 104 cm³/mol. The van der Waals surface area contributed by atoms with Gasteiger partial charge in [-0.1, -0.05) is 11.6 Å². The van der Waals surface area contributed by atoms with Gasteiger partial charge in [0, 0.05) is 25.2 Å². The number of carbonyl (C=O) groups is 1. The van der Waals surface area contributed by atoms with Crippen molar-refractivity contribution in [3.05, 3.63) is 68.9 Å². The van der Waals surface area contributed by atoms with Gasteiger partial charge in [0.25, 0.3) is 5.56 Å². The van der Waals surface area contributed by atoms with E-state index in [-0.39, 0.29) is 27.2 Å². The minimum Gasteiger partial charge on any atom is -0.319 e. The topological polar surface area (TPSA) is 67.2 Å². The molecule has 0 fully saturated rings. The van der Waals surface area contributed by atoms with E-state index in [9.17, 15) is 22.8 Å². The Kier molecular flexibility index (Phi) is 5.52. The van der Waals surface area contributed by atoms with Crippen LogP contribution in [-0.2, 0) is 7.05 Å². The molecule has 0 saturated carbocycles. The second-order valence-corrected chi connectivity index (χ2v) is 6.88. The number of hydrogen-bond donors (Lipinski definition) is 1. The molecule has 29 heavy (non-hydrogen) atoms. The number of halogens is 4. The molecule has 0 aliphatic heterocycles. The quantitative estimate of drug-likeness (QED) is 0.684. The van der Waals surface area contributed by atoms with Crippen molar-refractivity contribution < 1.29 is 18.0 Å². The molecule has 0 aliphatic carbocycles. The summed E-state index contributed by atoms with van der Waals surface area (Å²) in [6.07, 6.45) is 0. The average molecular weight is 425 g/mol. The third kappa shape index (κ3) is 3.91. The summed E-state index contributed by atoms with van der Waals surface area (Å²) in [4.78, 5) is 26.1. The number of anilines is 1. The fourth-order valence-corrected chi connectivity index (χ4v) is 3.00. The van der Waals surface area contributed by atoms with Crippen LogP contribution in [0.1, 0.15) is 18.7 Å². The summed E-state index contributed by atoms with van der Waals surface area (Å²) in [6.45, 7) is 1.62. The molecule has 0 bridgehead atoms. The van der Waals surface area contributed by atoms with Crippen LogP contribution in [0.25, 0.3) is 10.8 Å². The van der Waals surface area contributed by atoms with Gasteiger partial charge in [-0.25, -0.2) is 22.6 Å². The van der Waals surface area contributed by atoms with Crippen molar-refractivity contribution in [2.45, 2.75) is 13.0 Å². The summed E-state index contributed by atoms with van der Waals surface area (Å²) in [5.74, 6) is -2.91. The number of nitrogens with zero attached hydrogens (tertiary/aromatic N) is 3. The highest BCUT2D eigenvalue weighted by Crippen LogP contribution is 2.26. The molecule has 0 saturated heterocycles. The van der Waals surface area contributed by atoms with Gasteiger partial charge in [0.05, 0.1) is 22.1 Å². The van der Waals surface area contributed by atoms with Crippen LogP contribution in [0.5, 0.6) is 0 Å². The van der Waals surface area contributed by atoms with E-state index in [0.717, 1.165) is 22.9 Å². The van der Waals surface area contributed by atoms with Crippen LogP contribution in [0.3, 0.4) is 0 Å². The number of carbonyl (C=O) groups excluding carboxylic acids is 1. The maximum Gasteiger partial charge on any atom is 0.322 e. The van der Waals surface area contributed by atoms with Crippen LogP contribution < -0.4 is 10.9 Å². The zero-order valence-corrected chi connectivity index (χ0v) is 16.4. The van der Waals surface area contributed by atoms with Crippen LogP contribution >= 0.6 is 11.6 Å². The van der Waals surface area contributed by atoms with Gasteiger partial charge in [-0.2, -0.15) is 5.10 Å². The fourth-order valence-electron chi connectivity index (χ4n) is 2.82. The Hall–Kier alpha value is -3.07. The first kappa shape index (κ1) is 20.7. The molecule has 3 rings (SSSR count). The lowest BCUT2D eigenvalue weighted by Gasteiger charge is -2.26. The normalized spacial score (nSPS) is 12.1. The second kappa shape index (κ2) is 7.75. The summed E-state index contributed by atoms with van der Waals surface area (Å²) in [5.41, 5.74) is -0.120. The van der Waals surface area contributed by atoms with Gasteiger partial charge in [-0.05, 0) is 37.3 Å². The molecule has 1 heterocycles. The number of urea groups is 1. The van der Waals surface area contributed by atoms with E-state index >= 15 is 0 Å². The van der Waals surface area contributed by atoms with E-state index in [1.807, 2.05) is 0 Å². The van der Waals surface area contributed by atoms with Gasteiger partial charge in [0.1, 0.15) is 5.82 Å². The standard InChI is InChI=1S/C19H16ClF3N4O2/c1-9(26(2)19(29)24-10-4-5-14(21)13(20)6-10)17-11-7-15(22)16(23)8-12(11)18(28)27(3)25-17/h4-9H,1-3H3,(H,24,29). The number of nitrogens with one attached hydrogen (secondary N) is 1. The zero-order valence-electron chi connectivity index (χ0n) is 15.6. The van der Waals surface area contributed by atoms with E-state index in [2.05, 4.69) is 10.4 Å². The van der Waals surface area contributed by atoms with Crippen LogP contribution in [-0.4, -0.2) is 27.8 Å². The molecule has 1 aromatic heterocycles. The maximum absolute atomic E-state index is 13.8. The number of rotatable bonds is 3. The highest BCUT2D eigenvalue weighted by atomic mass is 35.5. The van der Waals surface area contributed by atoms with E-state index in [1.54, 1.807) is 6.92 Å². The molecule has 0 spiro atoms. The molecule has 2 aromatic carbocycles. The molecule has 1 unspecified atom stereocenters. The summed E-state index contributed by atoms with van der Waals surface area (Å²) in [6, 6.07) is 4.11. The molecule has 1 atom stereocenters. The summed E-state index contributed by atoms with van der Waals surface area (Å²) in [5, 5.41) is 6.59. The largest absolute Gasteiger partial charge is 0.322 e. The van der Waals surface area contributed by atoms with Crippen molar-refractivity contribution in [2.24, 2.45) is 7.05 Å². The molecular weight excluding hydrogens is 409 g/mol. The third-order valence-corrected chi connectivity index (χ3v) is 4.88. The Balaban J connectivity index is 1.97. The number of amides is 2. The van der Waals surface area contributed by atoms with Gasteiger partial charge < -0.3 is 10.2 Å². The lowest BCUT2D eigenvalue weighted by atomic mass is 10.1. The number of hydrogen-bond acceptors (Lipinski definition) is 3. The molecule has 2 amide bonds. The summed E-state index contributed by atoms with van der Waals surface area (Å²) >= 11 is 5.71. The Morgan fingerprint density at radius 1 is 1.14 bits per heavy atom. The lowest BCUT2D eigenvalue weighted by Crippen LogP contribution is -2.35. The molecule has 0 aliphatic rings. The van der Waals surface area contributed by atoms with Crippen molar-refractivity contribution in [3.8, 4) is 0 Å². The number of aryl methyl sites for hydroxylation is 1. The Morgan fingerprint density at radius 3 is 2.38 bits per heavy atom. The molecule has 152 valence electrons. The van der Waals surface area contributed by atoms with Crippen LogP contribution in [0.2, 0.25) is 5.02 Å². The summed E-state index contributed by atoms with van der Waals surface area (Å²) < 4.78 is 41.7. The zero-order chi connectivity index (χ0) is 21.5. The van der Waals surface area contributed by atoms with Gasteiger partial charge >= 0.3 is 6.03 Å². The average Bonchev–Trinajstić information content (AvgIpc) is 2.68. The van der Waals surface area contributed by atoms with Crippen molar-refractivity contribution in [3.63, 3.8) is 0 Å². The lowest BCUT2D eigenvalue weighted by molar-refractivity contribution is 0.207. The minimum atomic E-state index is -1.15. The molecule has 6 nitrogen and oxygen atoms in total. The highest BCUT2D eigenvalue weighted by Gasteiger charge is 2.23. The number of fused-ring (bicyclic) bond motifs is 1. The van der Waals surface area contributed by atoms with Crippen LogP contribution in [0.15, 0.2) is 35.1 Å². The first-order valence-electron chi connectivity index (χ1n) is 8.45. The van der Waals surface area contributed by atoms with Crippen LogP contribution in [0.4, 0.5) is 23.7 Å². The maximum atomic E-state index is 13.8. The molecule has 3 aromatic rings. The van der Waals surface area contributed by atoms with Crippen molar-refractivity contribution >= 4 is 34.1 Å². The molecule has 10 heteroatoms. The van der Waals surface area contributed by atoms with E-state index in [0.29, 0.717) is 0 Å². The smallest absolute Gasteiger partial charge is 0.319 e. The minimum absolute atomic E-state index is 0.0534. The Morgan fingerprint density at radius 2 is 1.76 bits per heavy atom. The Labute approximate surface area is 168 Å². The van der Waals surface area contributed by atoms with Crippen molar-refractivity contribution in [1.82, 2.24) is 14.7 Å². The summed E-state index contributed by atoms with van der Waals surface area (Å²) in [7, 11) is 2.84. The fraction of sp³-hybridized carbons (Fsp3) is 0.211. The van der Waals surface area contributed by atoms with Crippen molar-refractivity contribution in [2.75, 3.05) is 12.4 Å².